The number of ether oxygens (including phenoxy) is 3. The quantitative estimate of drug-likeness (QED) is 0.171. The number of carbonyl (C=O) groups is 2. The molecule has 0 fully saturated rings. The number of rotatable bonds is 10. The van der Waals surface area contributed by atoms with E-state index in [2.05, 4.69) is 0 Å². The maximum atomic E-state index is 14.4. The van der Waals surface area contributed by atoms with Crippen molar-refractivity contribution in [3.8, 4) is 22.7 Å². The molecule has 5 aromatic rings. The van der Waals surface area contributed by atoms with Crippen molar-refractivity contribution in [2.75, 3.05) is 20.3 Å². The number of carbonyl (C=O) groups excluding carboxylic acids is 2. The first-order valence-electron chi connectivity index (χ1n) is 16.4. The summed E-state index contributed by atoms with van der Waals surface area (Å²) in [6.07, 6.45) is 3.72. The van der Waals surface area contributed by atoms with Crippen LogP contribution in [0.25, 0.3) is 23.0 Å². The molecule has 0 aliphatic carbocycles. The van der Waals surface area contributed by atoms with Gasteiger partial charge < -0.3 is 14.2 Å². The molecule has 0 unspecified atom stereocenters. The number of allylic oxidation sites excluding steroid dienone is 1. The first-order chi connectivity index (χ1) is 24.1. The minimum absolute atomic E-state index is 0.115. The van der Waals surface area contributed by atoms with Crippen molar-refractivity contribution >= 4 is 29.4 Å². The van der Waals surface area contributed by atoms with Crippen LogP contribution in [0.2, 0.25) is 0 Å². The van der Waals surface area contributed by atoms with Gasteiger partial charge in [0.05, 0.1) is 53.4 Å². The summed E-state index contributed by atoms with van der Waals surface area (Å²) in [5, 5.41) is 4.96. The van der Waals surface area contributed by atoms with Crippen molar-refractivity contribution in [1.29, 1.82) is 0 Å². The zero-order valence-corrected chi connectivity index (χ0v) is 29.6. The highest BCUT2D eigenvalue weighted by molar-refractivity contribution is 7.07. The lowest BCUT2D eigenvalue weighted by Gasteiger charge is -2.25. The van der Waals surface area contributed by atoms with Crippen LogP contribution in [0.3, 0.4) is 0 Å². The van der Waals surface area contributed by atoms with E-state index in [0.717, 1.165) is 28.1 Å². The number of nitrogens with zero attached hydrogens (tertiary/aromatic N) is 4. The Balaban J connectivity index is 1.53. The van der Waals surface area contributed by atoms with Crippen LogP contribution >= 0.6 is 11.3 Å². The second kappa shape index (κ2) is 14.5. The molecule has 0 bridgehead atoms. The van der Waals surface area contributed by atoms with Crippen molar-refractivity contribution in [1.82, 2.24) is 14.3 Å². The number of hydrogen-bond donors (Lipinski definition) is 0. The molecule has 6 rings (SSSR count). The fourth-order valence-corrected chi connectivity index (χ4v) is 6.86. The first kappa shape index (κ1) is 34.3. The number of benzene rings is 3. The third kappa shape index (κ3) is 6.81. The Bertz CT molecular complexity index is 2280. The molecule has 0 radical (unpaired) electrons. The van der Waals surface area contributed by atoms with Crippen LogP contribution in [-0.4, -0.2) is 46.6 Å². The Hall–Kier alpha value is -5.55. The number of methoxy groups -OCH3 is 1. The molecule has 0 amide bonds. The molecular formula is C39H38N4O6S. The summed E-state index contributed by atoms with van der Waals surface area (Å²) < 4.78 is 20.1. The van der Waals surface area contributed by atoms with Crippen molar-refractivity contribution in [3.05, 3.63) is 132 Å². The average molecular weight is 691 g/mol. The van der Waals surface area contributed by atoms with Gasteiger partial charge in [0.15, 0.2) is 4.80 Å². The van der Waals surface area contributed by atoms with E-state index in [0.29, 0.717) is 38.5 Å². The SMILES string of the molecule is CCOc1ccc(-c2nn(-c3ccccc3)cc2/C=c2\sc3n(c2=O)[C@H](c2ccc(C(=O)OC)cc2)C(C(=O)OCC(C)C)=C(C)N=3)cc1C. The van der Waals surface area contributed by atoms with E-state index < -0.39 is 18.0 Å². The highest BCUT2D eigenvalue weighted by Gasteiger charge is 2.34. The Morgan fingerprint density at radius 2 is 1.74 bits per heavy atom. The van der Waals surface area contributed by atoms with Gasteiger partial charge in [-0.2, -0.15) is 5.10 Å². The van der Waals surface area contributed by atoms with Crippen LogP contribution in [0, 0.1) is 12.8 Å². The van der Waals surface area contributed by atoms with Crippen molar-refractivity contribution in [2.24, 2.45) is 10.9 Å². The van der Waals surface area contributed by atoms with Gasteiger partial charge in [0, 0.05) is 17.3 Å². The largest absolute Gasteiger partial charge is 0.494 e. The predicted octanol–water partition coefficient (Wildman–Crippen LogP) is 5.78. The van der Waals surface area contributed by atoms with Crippen molar-refractivity contribution in [2.45, 2.75) is 40.7 Å². The Labute approximate surface area is 293 Å². The predicted molar refractivity (Wildman–Crippen MR) is 192 cm³/mol. The monoisotopic (exact) mass is 690 g/mol. The van der Waals surface area contributed by atoms with Crippen LogP contribution < -0.4 is 19.6 Å². The summed E-state index contributed by atoms with van der Waals surface area (Å²) in [6.45, 7) is 10.4. The normalized spacial score (nSPS) is 14.4. The summed E-state index contributed by atoms with van der Waals surface area (Å²) in [5.74, 6) is -0.123. The lowest BCUT2D eigenvalue weighted by molar-refractivity contribution is -0.140. The third-order valence-electron chi connectivity index (χ3n) is 8.23. The standard InChI is InChI=1S/C39H38N4O6S/c1-7-48-31-18-17-28(19-24(31)4)34-29(21-42(41-34)30-11-9-8-10-12-30)20-32-36(44)43-35(26-13-15-27(16-14-26)37(45)47-6)33(25(5)40-39(43)50-32)38(46)49-22-23(2)3/h8-21,23,35H,7,22H2,1-6H3/b32-20-/t35-/m1/s1. The van der Waals surface area contributed by atoms with E-state index in [9.17, 15) is 14.4 Å². The average Bonchev–Trinajstić information content (AvgIpc) is 3.68. The van der Waals surface area contributed by atoms with Crippen LogP contribution in [0.5, 0.6) is 5.75 Å². The molecule has 1 aliphatic rings. The maximum Gasteiger partial charge on any atom is 0.338 e. The Kier molecular flexibility index (Phi) is 9.96. The van der Waals surface area contributed by atoms with Gasteiger partial charge in [-0.05, 0) is 86.4 Å². The highest BCUT2D eigenvalue weighted by Crippen LogP contribution is 2.32. The highest BCUT2D eigenvalue weighted by atomic mass is 32.1. The van der Waals surface area contributed by atoms with Gasteiger partial charge in [-0.25, -0.2) is 19.3 Å². The Morgan fingerprint density at radius 1 is 1.00 bits per heavy atom. The Morgan fingerprint density at radius 3 is 2.40 bits per heavy atom. The number of aromatic nitrogens is 3. The molecule has 2 aromatic heterocycles. The van der Waals surface area contributed by atoms with E-state index in [1.54, 1.807) is 35.9 Å². The molecule has 50 heavy (non-hydrogen) atoms. The van der Waals surface area contributed by atoms with E-state index >= 15 is 0 Å². The summed E-state index contributed by atoms with van der Waals surface area (Å²) in [6, 6.07) is 21.5. The van der Waals surface area contributed by atoms with Crippen molar-refractivity contribution in [3.63, 3.8) is 0 Å². The molecule has 11 heteroatoms. The van der Waals surface area contributed by atoms with Crippen molar-refractivity contribution < 1.29 is 23.8 Å². The van der Waals surface area contributed by atoms with Crippen LogP contribution in [0.4, 0.5) is 0 Å². The van der Waals surface area contributed by atoms with Gasteiger partial charge in [-0.1, -0.05) is 55.5 Å². The van der Waals surface area contributed by atoms with Gasteiger partial charge in [-0.15, -0.1) is 0 Å². The van der Waals surface area contributed by atoms with Gasteiger partial charge in [0.2, 0.25) is 0 Å². The van der Waals surface area contributed by atoms with Gasteiger partial charge in [-0.3, -0.25) is 9.36 Å². The number of fused-ring (bicyclic) bond motifs is 1. The fourth-order valence-electron chi connectivity index (χ4n) is 5.82. The molecule has 10 nitrogen and oxygen atoms in total. The summed E-state index contributed by atoms with van der Waals surface area (Å²) in [4.78, 5) is 45.4. The fraction of sp³-hybridized carbons (Fsp3) is 0.256. The van der Waals surface area contributed by atoms with Gasteiger partial charge in [0.25, 0.3) is 5.56 Å². The van der Waals surface area contributed by atoms with Crippen LogP contribution in [0.1, 0.15) is 60.8 Å². The number of hydrogen-bond acceptors (Lipinski definition) is 9. The first-order valence-corrected chi connectivity index (χ1v) is 17.2. The molecule has 0 spiro atoms. The second-order valence-corrected chi connectivity index (χ2v) is 13.3. The van der Waals surface area contributed by atoms with Crippen LogP contribution in [-0.2, 0) is 14.3 Å². The maximum absolute atomic E-state index is 14.4. The van der Waals surface area contributed by atoms with E-state index in [1.807, 2.05) is 88.5 Å². The van der Waals surface area contributed by atoms with E-state index in [-0.39, 0.29) is 23.7 Å². The molecule has 0 N–H and O–H groups in total. The molecule has 256 valence electrons. The van der Waals surface area contributed by atoms with Crippen LogP contribution in [0.15, 0.2) is 100 Å². The second-order valence-electron chi connectivity index (χ2n) is 12.3. The number of esters is 2. The van der Waals surface area contributed by atoms with E-state index in [1.165, 1.54) is 23.0 Å². The smallest absolute Gasteiger partial charge is 0.338 e. The van der Waals surface area contributed by atoms with E-state index in [4.69, 9.17) is 24.3 Å². The zero-order valence-electron chi connectivity index (χ0n) is 28.8. The zero-order chi connectivity index (χ0) is 35.5. The number of thiazole rings is 1. The molecule has 1 aliphatic heterocycles. The topological polar surface area (TPSA) is 114 Å². The van der Waals surface area contributed by atoms with Gasteiger partial charge >= 0.3 is 11.9 Å². The molecule has 3 heterocycles. The molecular weight excluding hydrogens is 653 g/mol. The number of aryl methyl sites for hydroxylation is 1. The third-order valence-corrected chi connectivity index (χ3v) is 9.22. The summed E-state index contributed by atoms with van der Waals surface area (Å²) >= 11 is 1.23. The molecule has 0 saturated heterocycles. The summed E-state index contributed by atoms with van der Waals surface area (Å²) in [7, 11) is 1.31. The summed E-state index contributed by atoms with van der Waals surface area (Å²) in [5.41, 5.74) is 5.49. The minimum Gasteiger partial charge on any atom is -0.494 e. The lowest BCUT2D eigenvalue weighted by atomic mass is 9.95. The molecule has 1 atom stereocenters. The molecule has 0 saturated carbocycles. The minimum atomic E-state index is -0.833. The van der Waals surface area contributed by atoms with Gasteiger partial charge in [0.1, 0.15) is 11.4 Å². The lowest BCUT2D eigenvalue weighted by Crippen LogP contribution is -2.40. The number of para-hydroxylation sites is 1. The molecule has 3 aromatic carbocycles.